The molecule has 0 bridgehead atoms. The van der Waals surface area contributed by atoms with Gasteiger partial charge in [0.2, 0.25) is 11.8 Å². The Kier molecular flexibility index (Phi) is 7.09. The number of hydrogen-bond acceptors (Lipinski definition) is 2. The standard InChI is InChI=1S/C13H23ClN2O2/c1-2-3-8-15-13(18)11-5-9-16(10-6-11)12(17)4-7-14/h11H,2-10H2,1H3,(H,15,18). The Morgan fingerprint density at radius 2 is 2.00 bits per heavy atom. The Morgan fingerprint density at radius 1 is 1.33 bits per heavy atom. The number of hydrogen-bond donors (Lipinski definition) is 1. The normalized spacial score (nSPS) is 16.7. The summed E-state index contributed by atoms with van der Waals surface area (Å²) < 4.78 is 0. The molecule has 5 heteroatoms. The number of amides is 2. The van der Waals surface area contributed by atoms with Gasteiger partial charge < -0.3 is 10.2 Å². The average molecular weight is 275 g/mol. The summed E-state index contributed by atoms with van der Waals surface area (Å²) in [7, 11) is 0. The number of nitrogens with one attached hydrogen (secondary N) is 1. The molecule has 104 valence electrons. The van der Waals surface area contributed by atoms with Crippen LogP contribution in [0.5, 0.6) is 0 Å². The molecule has 0 unspecified atom stereocenters. The number of halogens is 1. The predicted molar refractivity (Wildman–Crippen MR) is 72.6 cm³/mol. The zero-order chi connectivity index (χ0) is 13.4. The van der Waals surface area contributed by atoms with Gasteiger partial charge in [-0.2, -0.15) is 0 Å². The molecule has 1 aliphatic heterocycles. The molecule has 1 heterocycles. The van der Waals surface area contributed by atoms with Crippen molar-refractivity contribution in [2.24, 2.45) is 5.92 Å². The molecule has 1 fully saturated rings. The quantitative estimate of drug-likeness (QED) is 0.593. The third-order valence-electron chi connectivity index (χ3n) is 3.36. The van der Waals surface area contributed by atoms with Crippen LogP contribution in [0.4, 0.5) is 0 Å². The van der Waals surface area contributed by atoms with E-state index in [9.17, 15) is 9.59 Å². The molecule has 0 radical (unpaired) electrons. The molecule has 0 aromatic heterocycles. The number of unbranched alkanes of at least 4 members (excludes halogenated alkanes) is 1. The van der Waals surface area contributed by atoms with Crippen molar-refractivity contribution in [3.63, 3.8) is 0 Å². The first kappa shape index (κ1) is 15.3. The largest absolute Gasteiger partial charge is 0.356 e. The smallest absolute Gasteiger partial charge is 0.223 e. The fraction of sp³-hybridized carbons (Fsp3) is 0.846. The first-order valence-corrected chi connectivity index (χ1v) is 7.34. The number of nitrogens with zero attached hydrogens (tertiary/aromatic N) is 1. The molecule has 0 aromatic carbocycles. The second-order valence-corrected chi connectivity index (χ2v) is 5.12. The van der Waals surface area contributed by atoms with Gasteiger partial charge in [-0.15, -0.1) is 11.6 Å². The van der Waals surface area contributed by atoms with Gasteiger partial charge in [0.15, 0.2) is 0 Å². The first-order valence-electron chi connectivity index (χ1n) is 6.80. The number of carbonyl (C=O) groups is 2. The second-order valence-electron chi connectivity index (χ2n) is 4.74. The summed E-state index contributed by atoms with van der Waals surface area (Å²) >= 11 is 5.55. The number of rotatable bonds is 6. The van der Waals surface area contributed by atoms with Crippen molar-refractivity contribution in [3.8, 4) is 0 Å². The monoisotopic (exact) mass is 274 g/mol. The lowest BCUT2D eigenvalue weighted by molar-refractivity contribution is -0.135. The molecule has 0 aromatic rings. The van der Waals surface area contributed by atoms with Crippen molar-refractivity contribution in [2.75, 3.05) is 25.5 Å². The number of piperidine rings is 1. The van der Waals surface area contributed by atoms with E-state index in [0.717, 1.165) is 32.2 Å². The average Bonchev–Trinajstić information content (AvgIpc) is 2.39. The summed E-state index contributed by atoms with van der Waals surface area (Å²) in [6, 6.07) is 0. The van der Waals surface area contributed by atoms with Crippen LogP contribution in [0.3, 0.4) is 0 Å². The summed E-state index contributed by atoms with van der Waals surface area (Å²) in [6.45, 7) is 4.23. The van der Waals surface area contributed by atoms with Crippen molar-refractivity contribution >= 4 is 23.4 Å². The van der Waals surface area contributed by atoms with Crippen molar-refractivity contribution < 1.29 is 9.59 Å². The Bertz CT molecular complexity index is 276. The van der Waals surface area contributed by atoms with Crippen LogP contribution in [0.25, 0.3) is 0 Å². The Balaban J connectivity index is 2.26. The Morgan fingerprint density at radius 3 is 2.56 bits per heavy atom. The summed E-state index contributed by atoms with van der Waals surface area (Å²) in [4.78, 5) is 25.3. The summed E-state index contributed by atoms with van der Waals surface area (Å²) in [5.74, 6) is 0.695. The highest BCUT2D eigenvalue weighted by Crippen LogP contribution is 2.18. The third-order valence-corrected chi connectivity index (χ3v) is 3.55. The van der Waals surface area contributed by atoms with Crippen LogP contribution in [0.15, 0.2) is 0 Å². The summed E-state index contributed by atoms with van der Waals surface area (Å²) in [5, 5.41) is 2.96. The molecule has 0 atom stereocenters. The van der Waals surface area contributed by atoms with E-state index < -0.39 is 0 Å². The van der Waals surface area contributed by atoms with E-state index in [2.05, 4.69) is 12.2 Å². The molecule has 0 spiro atoms. The summed E-state index contributed by atoms with van der Waals surface area (Å²) in [6.07, 6.45) is 4.05. The zero-order valence-corrected chi connectivity index (χ0v) is 11.8. The van der Waals surface area contributed by atoms with Crippen LogP contribution in [-0.2, 0) is 9.59 Å². The second kappa shape index (κ2) is 8.35. The van der Waals surface area contributed by atoms with Gasteiger partial charge in [-0.3, -0.25) is 9.59 Å². The maximum Gasteiger partial charge on any atom is 0.223 e. The van der Waals surface area contributed by atoms with Crippen molar-refractivity contribution in [2.45, 2.75) is 39.0 Å². The molecule has 18 heavy (non-hydrogen) atoms. The minimum Gasteiger partial charge on any atom is -0.356 e. The van der Waals surface area contributed by atoms with E-state index in [-0.39, 0.29) is 17.7 Å². The van der Waals surface area contributed by atoms with Crippen LogP contribution in [-0.4, -0.2) is 42.2 Å². The van der Waals surface area contributed by atoms with Gasteiger partial charge in [-0.05, 0) is 19.3 Å². The Labute approximate surface area is 114 Å². The van der Waals surface area contributed by atoms with E-state index >= 15 is 0 Å². The molecule has 1 N–H and O–H groups in total. The minimum absolute atomic E-state index is 0.0712. The lowest BCUT2D eigenvalue weighted by Crippen LogP contribution is -2.43. The van der Waals surface area contributed by atoms with Gasteiger partial charge in [-0.25, -0.2) is 0 Å². The number of likely N-dealkylation sites (tertiary alicyclic amines) is 1. The highest BCUT2D eigenvalue weighted by molar-refractivity contribution is 6.18. The maximum absolute atomic E-state index is 11.8. The molecule has 0 aliphatic carbocycles. The molecular formula is C13H23ClN2O2. The molecule has 0 saturated carbocycles. The molecule has 1 aliphatic rings. The van der Waals surface area contributed by atoms with E-state index in [1.54, 1.807) is 0 Å². The van der Waals surface area contributed by atoms with E-state index in [0.29, 0.717) is 25.4 Å². The SMILES string of the molecule is CCCCNC(=O)C1CCN(C(=O)CCCl)CC1. The molecule has 1 rings (SSSR count). The number of alkyl halides is 1. The van der Waals surface area contributed by atoms with Crippen molar-refractivity contribution in [1.29, 1.82) is 0 Å². The predicted octanol–water partition coefficient (Wildman–Crippen LogP) is 1.77. The van der Waals surface area contributed by atoms with Gasteiger partial charge in [-0.1, -0.05) is 13.3 Å². The maximum atomic E-state index is 11.8. The van der Waals surface area contributed by atoms with Crippen LogP contribution in [0.2, 0.25) is 0 Å². The lowest BCUT2D eigenvalue weighted by atomic mass is 9.95. The molecule has 1 saturated heterocycles. The van der Waals surface area contributed by atoms with Gasteiger partial charge in [0.05, 0.1) is 0 Å². The van der Waals surface area contributed by atoms with Gasteiger partial charge in [0.25, 0.3) is 0 Å². The number of carbonyl (C=O) groups excluding carboxylic acids is 2. The van der Waals surface area contributed by atoms with Crippen molar-refractivity contribution in [1.82, 2.24) is 10.2 Å². The molecule has 4 nitrogen and oxygen atoms in total. The first-order chi connectivity index (χ1) is 8.69. The lowest BCUT2D eigenvalue weighted by Gasteiger charge is -2.31. The third kappa shape index (κ3) is 4.84. The van der Waals surface area contributed by atoms with Crippen LogP contribution < -0.4 is 5.32 Å². The topological polar surface area (TPSA) is 49.4 Å². The van der Waals surface area contributed by atoms with Gasteiger partial charge in [0, 0.05) is 37.9 Å². The van der Waals surface area contributed by atoms with E-state index in [4.69, 9.17) is 11.6 Å². The zero-order valence-electron chi connectivity index (χ0n) is 11.1. The van der Waals surface area contributed by atoms with Crippen LogP contribution in [0.1, 0.15) is 39.0 Å². The van der Waals surface area contributed by atoms with Crippen molar-refractivity contribution in [3.05, 3.63) is 0 Å². The minimum atomic E-state index is 0.0712. The van der Waals surface area contributed by atoms with Crippen LogP contribution >= 0.6 is 11.6 Å². The van der Waals surface area contributed by atoms with E-state index in [1.165, 1.54) is 0 Å². The molecule has 2 amide bonds. The highest BCUT2D eigenvalue weighted by Gasteiger charge is 2.26. The fourth-order valence-electron chi connectivity index (χ4n) is 2.16. The molecular weight excluding hydrogens is 252 g/mol. The fourth-order valence-corrected chi connectivity index (χ4v) is 2.32. The highest BCUT2D eigenvalue weighted by atomic mass is 35.5. The van der Waals surface area contributed by atoms with Gasteiger partial charge >= 0.3 is 0 Å². The van der Waals surface area contributed by atoms with E-state index in [1.807, 2.05) is 4.90 Å². The Hall–Kier alpha value is -0.770. The summed E-state index contributed by atoms with van der Waals surface area (Å²) in [5.41, 5.74) is 0. The van der Waals surface area contributed by atoms with Gasteiger partial charge in [0.1, 0.15) is 0 Å². The van der Waals surface area contributed by atoms with Crippen LogP contribution in [0, 0.1) is 5.92 Å².